The van der Waals surface area contributed by atoms with Crippen molar-refractivity contribution < 1.29 is 10.0 Å². The number of nitrogens with one attached hydrogen (secondary N) is 1. The van der Waals surface area contributed by atoms with Crippen LogP contribution in [0, 0.1) is 10.1 Å². The van der Waals surface area contributed by atoms with E-state index in [2.05, 4.69) is 10.2 Å². The van der Waals surface area contributed by atoms with Crippen molar-refractivity contribution in [3.8, 4) is 0 Å². The minimum absolute atomic E-state index is 0.112. The molecule has 7 heteroatoms. The van der Waals surface area contributed by atoms with Crippen LogP contribution in [0.5, 0.6) is 0 Å². The van der Waals surface area contributed by atoms with E-state index in [1.54, 1.807) is 6.07 Å². The SMILES string of the molecule is O=[N+]([O-])c1cc(CNCCCN2CCC(O)CC2)cs1. The number of piperidine rings is 1. The average molecular weight is 299 g/mol. The predicted octanol–water partition coefficient (Wildman–Crippen LogP) is 1.59. The molecule has 1 saturated heterocycles. The molecule has 1 aliphatic rings. The number of thiophene rings is 1. The zero-order valence-corrected chi connectivity index (χ0v) is 12.3. The largest absolute Gasteiger partial charge is 0.393 e. The molecule has 1 aromatic heterocycles. The highest BCUT2D eigenvalue weighted by atomic mass is 32.1. The lowest BCUT2D eigenvalue weighted by Gasteiger charge is -2.29. The minimum Gasteiger partial charge on any atom is -0.393 e. The Morgan fingerprint density at radius 1 is 1.50 bits per heavy atom. The Kier molecular flexibility index (Phi) is 5.90. The van der Waals surface area contributed by atoms with Crippen molar-refractivity contribution >= 4 is 16.3 Å². The fourth-order valence-electron chi connectivity index (χ4n) is 2.35. The zero-order valence-electron chi connectivity index (χ0n) is 11.5. The summed E-state index contributed by atoms with van der Waals surface area (Å²) in [5.74, 6) is 0. The fraction of sp³-hybridized carbons (Fsp3) is 0.692. The summed E-state index contributed by atoms with van der Waals surface area (Å²) in [6.45, 7) is 4.60. The molecule has 1 fully saturated rings. The monoisotopic (exact) mass is 299 g/mol. The number of aliphatic hydroxyl groups is 1. The topological polar surface area (TPSA) is 78.6 Å². The summed E-state index contributed by atoms with van der Waals surface area (Å²) < 4.78 is 0. The third-order valence-electron chi connectivity index (χ3n) is 3.53. The Morgan fingerprint density at radius 2 is 2.25 bits per heavy atom. The standard InChI is InChI=1S/C13H21N3O3S/c17-12-2-6-15(7-3-12)5-1-4-14-9-11-8-13(16(18)19)20-10-11/h8,10,12,14,17H,1-7,9H2. The van der Waals surface area contributed by atoms with Gasteiger partial charge in [-0.25, -0.2) is 0 Å². The van der Waals surface area contributed by atoms with Gasteiger partial charge in [0.15, 0.2) is 0 Å². The third kappa shape index (κ3) is 4.82. The number of nitrogens with zero attached hydrogens (tertiary/aromatic N) is 2. The summed E-state index contributed by atoms with van der Waals surface area (Å²) in [4.78, 5) is 12.6. The Balaban J connectivity index is 1.56. The minimum atomic E-state index is -0.348. The van der Waals surface area contributed by atoms with Gasteiger partial charge in [-0.15, -0.1) is 0 Å². The molecule has 6 nitrogen and oxygen atoms in total. The van der Waals surface area contributed by atoms with Crippen LogP contribution in [0.3, 0.4) is 0 Å². The molecular formula is C13H21N3O3S. The maximum atomic E-state index is 10.6. The first-order valence-electron chi connectivity index (χ1n) is 6.98. The second-order valence-electron chi connectivity index (χ2n) is 5.15. The highest BCUT2D eigenvalue weighted by Gasteiger charge is 2.16. The van der Waals surface area contributed by atoms with Crippen molar-refractivity contribution in [1.82, 2.24) is 10.2 Å². The van der Waals surface area contributed by atoms with Gasteiger partial charge in [0.1, 0.15) is 0 Å². The first-order chi connectivity index (χ1) is 9.65. The molecule has 0 amide bonds. The number of likely N-dealkylation sites (tertiary alicyclic amines) is 1. The van der Waals surface area contributed by atoms with Gasteiger partial charge in [0.25, 0.3) is 0 Å². The third-order valence-corrected chi connectivity index (χ3v) is 4.46. The summed E-state index contributed by atoms with van der Waals surface area (Å²) in [7, 11) is 0. The molecule has 112 valence electrons. The van der Waals surface area contributed by atoms with E-state index in [0.717, 1.165) is 51.0 Å². The van der Waals surface area contributed by atoms with Crippen molar-refractivity contribution in [2.45, 2.75) is 31.9 Å². The lowest BCUT2D eigenvalue weighted by atomic mass is 10.1. The van der Waals surface area contributed by atoms with Crippen molar-refractivity contribution in [2.75, 3.05) is 26.2 Å². The zero-order chi connectivity index (χ0) is 14.4. The van der Waals surface area contributed by atoms with E-state index in [9.17, 15) is 15.2 Å². The summed E-state index contributed by atoms with van der Waals surface area (Å²) >= 11 is 1.17. The normalized spacial score (nSPS) is 17.4. The van der Waals surface area contributed by atoms with Crippen molar-refractivity contribution in [3.05, 3.63) is 27.1 Å². The Hall–Kier alpha value is -1.02. The molecule has 0 unspecified atom stereocenters. The van der Waals surface area contributed by atoms with Gasteiger partial charge in [-0.05, 0) is 37.9 Å². The second-order valence-corrected chi connectivity index (χ2v) is 6.04. The second kappa shape index (κ2) is 7.68. The molecule has 0 aromatic carbocycles. The van der Waals surface area contributed by atoms with E-state index in [-0.39, 0.29) is 16.0 Å². The van der Waals surface area contributed by atoms with Crippen molar-refractivity contribution in [1.29, 1.82) is 0 Å². The van der Waals surface area contributed by atoms with E-state index in [0.29, 0.717) is 6.54 Å². The van der Waals surface area contributed by atoms with Gasteiger partial charge in [0, 0.05) is 31.1 Å². The number of nitro groups is 1. The molecule has 1 aliphatic heterocycles. The first kappa shape index (κ1) is 15.4. The van der Waals surface area contributed by atoms with Crippen LogP contribution in [0.4, 0.5) is 5.00 Å². The summed E-state index contributed by atoms with van der Waals surface area (Å²) in [6.07, 6.45) is 2.71. The van der Waals surface area contributed by atoms with Crippen LogP contribution in [0.15, 0.2) is 11.4 Å². The molecular weight excluding hydrogens is 278 g/mol. The molecule has 0 spiro atoms. The Bertz CT molecular complexity index is 430. The maximum Gasteiger partial charge on any atom is 0.324 e. The van der Waals surface area contributed by atoms with E-state index < -0.39 is 0 Å². The fourth-order valence-corrected chi connectivity index (χ4v) is 3.08. The van der Waals surface area contributed by atoms with Gasteiger partial charge >= 0.3 is 5.00 Å². The highest BCUT2D eigenvalue weighted by molar-refractivity contribution is 7.13. The van der Waals surface area contributed by atoms with E-state index >= 15 is 0 Å². The predicted molar refractivity (Wildman–Crippen MR) is 79.0 cm³/mol. The number of hydrogen-bond acceptors (Lipinski definition) is 6. The van der Waals surface area contributed by atoms with Crippen LogP contribution >= 0.6 is 11.3 Å². The van der Waals surface area contributed by atoms with Crippen molar-refractivity contribution in [3.63, 3.8) is 0 Å². The molecule has 20 heavy (non-hydrogen) atoms. The van der Waals surface area contributed by atoms with E-state index in [4.69, 9.17) is 0 Å². The lowest BCUT2D eigenvalue weighted by molar-refractivity contribution is -0.380. The molecule has 0 radical (unpaired) electrons. The average Bonchev–Trinajstić information content (AvgIpc) is 2.89. The molecule has 2 N–H and O–H groups in total. The summed E-state index contributed by atoms with van der Waals surface area (Å²) in [5.41, 5.74) is 0.975. The van der Waals surface area contributed by atoms with E-state index in [1.165, 1.54) is 11.3 Å². The number of hydrogen-bond donors (Lipinski definition) is 2. The quantitative estimate of drug-likeness (QED) is 0.454. The van der Waals surface area contributed by atoms with Crippen molar-refractivity contribution in [2.24, 2.45) is 0 Å². The van der Waals surface area contributed by atoms with E-state index in [1.807, 2.05) is 5.38 Å². The molecule has 2 heterocycles. The smallest absolute Gasteiger partial charge is 0.324 e. The highest BCUT2D eigenvalue weighted by Crippen LogP contribution is 2.22. The van der Waals surface area contributed by atoms with Gasteiger partial charge in [0.05, 0.1) is 11.0 Å². The van der Waals surface area contributed by atoms with Crippen LogP contribution in [-0.2, 0) is 6.54 Å². The summed E-state index contributed by atoms with van der Waals surface area (Å²) in [5, 5.41) is 25.3. The van der Waals surface area contributed by atoms with Crippen LogP contribution in [-0.4, -0.2) is 47.2 Å². The molecule has 0 bridgehead atoms. The lowest BCUT2D eigenvalue weighted by Crippen LogP contribution is -2.37. The van der Waals surface area contributed by atoms with Gasteiger partial charge in [-0.2, -0.15) is 0 Å². The number of aliphatic hydroxyl groups excluding tert-OH is 1. The Morgan fingerprint density at radius 3 is 2.90 bits per heavy atom. The molecule has 0 saturated carbocycles. The maximum absolute atomic E-state index is 10.6. The molecule has 1 aromatic rings. The molecule has 0 aliphatic carbocycles. The van der Waals surface area contributed by atoms with Crippen LogP contribution < -0.4 is 5.32 Å². The van der Waals surface area contributed by atoms with Gasteiger partial charge in [-0.1, -0.05) is 11.3 Å². The van der Waals surface area contributed by atoms with Crippen LogP contribution in [0.1, 0.15) is 24.8 Å². The van der Waals surface area contributed by atoms with Crippen LogP contribution in [0.2, 0.25) is 0 Å². The Labute approximate surface area is 122 Å². The summed E-state index contributed by atoms with van der Waals surface area (Å²) in [6, 6.07) is 1.63. The van der Waals surface area contributed by atoms with Gasteiger partial charge in [0.2, 0.25) is 0 Å². The first-order valence-corrected chi connectivity index (χ1v) is 7.86. The molecule has 2 rings (SSSR count). The molecule has 0 atom stereocenters. The van der Waals surface area contributed by atoms with Gasteiger partial charge < -0.3 is 15.3 Å². The number of rotatable bonds is 7. The van der Waals surface area contributed by atoms with Crippen LogP contribution in [0.25, 0.3) is 0 Å². The van der Waals surface area contributed by atoms with Gasteiger partial charge in [-0.3, -0.25) is 10.1 Å².